The van der Waals surface area contributed by atoms with Crippen molar-refractivity contribution in [2.45, 2.75) is 6.36 Å². The molecule has 0 amide bonds. The van der Waals surface area contributed by atoms with Crippen molar-refractivity contribution >= 4 is 34.4 Å². The topological polar surface area (TPSA) is 63.4 Å². The molecule has 1 aliphatic heterocycles. The van der Waals surface area contributed by atoms with E-state index >= 15 is 0 Å². The number of hydrogen-bond donors (Lipinski definition) is 1. The highest BCUT2D eigenvalue weighted by atomic mass is 79.9. The van der Waals surface area contributed by atoms with Crippen molar-refractivity contribution in [1.29, 1.82) is 0 Å². The Morgan fingerprint density at radius 2 is 1.85 bits per heavy atom. The molecule has 9 heteroatoms. The fourth-order valence-electron chi connectivity index (χ4n) is 2.56. The van der Waals surface area contributed by atoms with Gasteiger partial charge in [-0.25, -0.2) is 9.98 Å². The van der Waals surface area contributed by atoms with Gasteiger partial charge in [-0.3, -0.25) is 0 Å². The number of ether oxygens (including phenoxy) is 2. The molecule has 0 spiro atoms. The smallest absolute Gasteiger partial charge is 0.503 e. The first kappa shape index (κ1) is 19.0. The number of phenolic OH excluding ortho intramolecular Hbond substituents is 1. The number of hydrogen-bond acceptors (Lipinski definition) is 5. The van der Waals surface area contributed by atoms with Gasteiger partial charge in [-0.05, 0) is 51.3 Å². The van der Waals surface area contributed by atoms with Crippen LogP contribution >= 0.6 is 15.9 Å². The average molecular weight is 441 g/mol. The fourth-order valence-corrected chi connectivity index (χ4v) is 2.99. The second-order valence-electron chi connectivity index (χ2n) is 5.34. The van der Waals surface area contributed by atoms with Crippen LogP contribution in [0, 0.1) is 0 Å². The molecular formula is C18H12BrF3N2O3. The van der Waals surface area contributed by atoms with Crippen LogP contribution in [0.15, 0.2) is 50.6 Å². The summed E-state index contributed by atoms with van der Waals surface area (Å²) in [5, 5.41) is 10.3. The highest BCUT2D eigenvalue weighted by molar-refractivity contribution is 9.10. The molecule has 140 valence electrons. The van der Waals surface area contributed by atoms with Gasteiger partial charge in [0.15, 0.2) is 17.3 Å². The molecule has 0 atom stereocenters. The average Bonchev–Trinajstić information content (AvgIpc) is 3.09. The zero-order valence-corrected chi connectivity index (χ0v) is 15.4. The van der Waals surface area contributed by atoms with Gasteiger partial charge in [-0.2, -0.15) is 0 Å². The summed E-state index contributed by atoms with van der Waals surface area (Å²) in [5.74, 6) is -0.0832. The van der Waals surface area contributed by atoms with Crippen LogP contribution in [-0.2, 0) is 0 Å². The van der Waals surface area contributed by atoms with E-state index in [1.165, 1.54) is 37.7 Å². The maximum atomic E-state index is 12.6. The molecule has 3 rings (SSSR count). The summed E-state index contributed by atoms with van der Waals surface area (Å²) in [7, 11) is 1.35. The lowest BCUT2D eigenvalue weighted by molar-refractivity contribution is -0.274. The molecule has 0 saturated carbocycles. The number of halogens is 4. The van der Waals surface area contributed by atoms with Gasteiger partial charge >= 0.3 is 6.36 Å². The first-order valence-corrected chi connectivity index (χ1v) is 8.32. The van der Waals surface area contributed by atoms with Gasteiger partial charge in [-0.15, -0.1) is 13.2 Å². The van der Waals surface area contributed by atoms with Gasteiger partial charge < -0.3 is 14.6 Å². The summed E-state index contributed by atoms with van der Waals surface area (Å²) in [5.41, 5.74) is 1.26. The van der Waals surface area contributed by atoms with E-state index in [1.54, 1.807) is 18.2 Å². The summed E-state index contributed by atoms with van der Waals surface area (Å²) >= 11 is 3.24. The predicted octanol–water partition coefficient (Wildman–Crippen LogP) is 5.18. The number of methoxy groups -OCH3 is 1. The monoisotopic (exact) mass is 440 g/mol. The lowest BCUT2D eigenvalue weighted by atomic mass is 9.97. The van der Waals surface area contributed by atoms with Crippen LogP contribution in [0.3, 0.4) is 0 Å². The Labute approximate surface area is 160 Å². The number of nitrogens with zero attached hydrogens (tertiary/aromatic N) is 2. The van der Waals surface area contributed by atoms with E-state index in [9.17, 15) is 18.3 Å². The minimum absolute atomic E-state index is 0.0892. The number of aliphatic imine (C=N–C) groups is 2. The SMILES string of the molecule is COc1c(O)c(Br)cc(C=C2N=CC=N2)c1-c1cccc(OC(F)(F)F)c1. The molecule has 0 aliphatic carbocycles. The maximum Gasteiger partial charge on any atom is 0.573 e. The van der Waals surface area contributed by atoms with E-state index in [0.29, 0.717) is 27.0 Å². The molecule has 0 bridgehead atoms. The van der Waals surface area contributed by atoms with Gasteiger partial charge in [0.1, 0.15) is 5.75 Å². The first-order valence-electron chi connectivity index (χ1n) is 7.52. The van der Waals surface area contributed by atoms with Crippen LogP contribution in [0.5, 0.6) is 17.2 Å². The second kappa shape index (κ2) is 7.43. The molecule has 0 saturated heterocycles. The molecule has 1 N–H and O–H groups in total. The fraction of sp³-hybridized carbons (Fsp3) is 0.111. The van der Waals surface area contributed by atoms with E-state index in [2.05, 4.69) is 30.7 Å². The van der Waals surface area contributed by atoms with Gasteiger partial charge in [0.25, 0.3) is 0 Å². The second-order valence-corrected chi connectivity index (χ2v) is 6.19. The molecule has 27 heavy (non-hydrogen) atoms. The third kappa shape index (κ3) is 4.30. The number of rotatable bonds is 4. The van der Waals surface area contributed by atoms with Crippen molar-refractivity contribution in [2.24, 2.45) is 9.98 Å². The Balaban J connectivity index is 2.20. The quantitative estimate of drug-likeness (QED) is 0.711. The number of phenols is 1. The first-order chi connectivity index (χ1) is 12.8. The molecule has 0 aromatic heterocycles. The molecule has 0 radical (unpaired) electrons. The van der Waals surface area contributed by atoms with Crippen LogP contribution < -0.4 is 9.47 Å². The van der Waals surface area contributed by atoms with Crippen LogP contribution in [0.4, 0.5) is 13.2 Å². The van der Waals surface area contributed by atoms with Crippen molar-refractivity contribution in [2.75, 3.05) is 7.11 Å². The standard InChI is InChI=1S/C18H12BrF3N2O3/c1-26-17-15(10-3-2-4-12(7-10)27-18(20,21)22)11(8-13(19)16(17)25)9-14-23-5-6-24-14/h2-9,25H,1H3. The molecule has 1 aliphatic rings. The summed E-state index contributed by atoms with van der Waals surface area (Å²) in [6, 6.07) is 6.99. The van der Waals surface area contributed by atoms with Crippen molar-refractivity contribution < 1.29 is 27.8 Å². The molecule has 1 heterocycles. The Bertz CT molecular complexity index is 955. The normalized spacial score (nSPS) is 13.1. The Kier molecular flexibility index (Phi) is 5.22. The Hall–Kier alpha value is -2.81. The molecule has 5 nitrogen and oxygen atoms in total. The minimum atomic E-state index is -4.82. The lowest BCUT2D eigenvalue weighted by Crippen LogP contribution is -2.17. The minimum Gasteiger partial charge on any atom is -0.503 e. The number of benzene rings is 2. The highest BCUT2D eigenvalue weighted by Gasteiger charge is 2.31. The summed E-state index contributed by atoms with van der Waals surface area (Å²) in [6.45, 7) is 0. The Morgan fingerprint density at radius 1 is 1.15 bits per heavy atom. The van der Waals surface area contributed by atoms with Crippen LogP contribution in [0.25, 0.3) is 17.2 Å². The number of alkyl halides is 3. The van der Waals surface area contributed by atoms with Gasteiger partial charge in [0, 0.05) is 18.0 Å². The van der Waals surface area contributed by atoms with E-state index in [4.69, 9.17) is 4.74 Å². The van der Waals surface area contributed by atoms with Crippen LogP contribution in [-0.4, -0.2) is 31.0 Å². The van der Waals surface area contributed by atoms with E-state index < -0.39 is 6.36 Å². The van der Waals surface area contributed by atoms with Crippen molar-refractivity contribution in [1.82, 2.24) is 0 Å². The third-order valence-corrected chi connectivity index (χ3v) is 4.17. The maximum absolute atomic E-state index is 12.6. The number of aromatic hydroxyl groups is 1. The van der Waals surface area contributed by atoms with Crippen LogP contribution in [0.1, 0.15) is 5.56 Å². The highest BCUT2D eigenvalue weighted by Crippen LogP contribution is 2.46. The van der Waals surface area contributed by atoms with E-state index in [0.717, 1.165) is 0 Å². The molecule has 0 fully saturated rings. The lowest BCUT2D eigenvalue weighted by Gasteiger charge is -2.16. The zero-order valence-electron chi connectivity index (χ0n) is 13.8. The summed E-state index contributed by atoms with van der Waals surface area (Å²) < 4.78 is 47.3. The van der Waals surface area contributed by atoms with Crippen molar-refractivity contribution in [3.63, 3.8) is 0 Å². The molecule has 0 unspecified atom stereocenters. The largest absolute Gasteiger partial charge is 0.573 e. The predicted molar refractivity (Wildman–Crippen MR) is 99.4 cm³/mol. The molecular weight excluding hydrogens is 429 g/mol. The van der Waals surface area contributed by atoms with E-state index in [1.807, 2.05) is 0 Å². The van der Waals surface area contributed by atoms with Gasteiger partial charge in [-0.1, -0.05) is 12.1 Å². The van der Waals surface area contributed by atoms with Crippen molar-refractivity contribution in [3.8, 4) is 28.4 Å². The summed E-state index contributed by atoms with van der Waals surface area (Å²) in [4.78, 5) is 8.12. The van der Waals surface area contributed by atoms with Gasteiger partial charge in [0.05, 0.1) is 11.6 Å². The van der Waals surface area contributed by atoms with Gasteiger partial charge in [0.2, 0.25) is 0 Å². The van der Waals surface area contributed by atoms with E-state index in [-0.39, 0.29) is 17.2 Å². The zero-order chi connectivity index (χ0) is 19.6. The van der Waals surface area contributed by atoms with Crippen LogP contribution in [0.2, 0.25) is 0 Å². The van der Waals surface area contributed by atoms with Crippen molar-refractivity contribution in [3.05, 3.63) is 46.2 Å². The Morgan fingerprint density at radius 3 is 2.48 bits per heavy atom. The molecule has 2 aromatic rings. The molecule has 2 aromatic carbocycles. The third-order valence-electron chi connectivity index (χ3n) is 3.56. The summed E-state index contributed by atoms with van der Waals surface area (Å²) in [6.07, 6.45) is -0.173.